The van der Waals surface area contributed by atoms with Crippen LogP contribution in [0.1, 0.15) is 25.0 Å². The number of carbonyl (C=O) groups excluding carboxylic acids is 1. The molecule has 0 bridgehead atoms. The fraction of sp³-hybridized carbons (Fsp3) is 0.417. The fourth-order valence-corrected chi connectivity index (χ4v) is 1.62. The van der Waals surface area contributed by atoms with Gasteiger partial charge in [0.25, 0.3) is 0 Å². The number of halogens is 1. The average Bonchev–Trinajstić information content (AvgIpc) is 2.32. The van der Waals surface area contributed by atoms with Gasteiger partial charge in [-0.05, 0) is 24.6 Å². The summed E-state index contributed by atoms with van der Waals surface area (Å²) in [6.45, 7) is 1.87. The molecule has 1 aromatic rings. The summed E-state index contributed by atoms with van der Waals surface area (Å²) in [7, 11) is 0. The first-order chi connectivity index (χ1) is 8.45. The molecule has 2 atom stereocenters. The van der Waals surface area contributed by atoms with Crippen LogP contribution < -0.4 is 0 Å². The van der Waals surface area contributed by atoms with Crippen LogP contribution in [0.25, 0.3) is 0 Å². The van der Waals surface area contributed by atoms with E-state index < -0.39 is 18.2 Å². The Morgan fingerprint density at radius 2 is 2.11 bits per heavy atom. The summed E-state index contributed by atoms with van der Waals surface area (Å²) in [5.74, 6) is -0.707. The Morgan fingerprint density at radius 1 is 1.44 bits per heavy atom. The number of hydrogen-bond donors (Lipinski definition) is 3. The second-order valence-electron chi connectivity index (χ2n) is 3.73. The molecule has 0 aliphatic rings. The molecule has 5 nitrogen and oxygen atoms in total. The lowest BCUT2D eigenvalue weighted by molar-refractivity contribution is -0.147. The molecule has 6 heteroatoms. The van der Waals surface area contributed by atoms with Crippen LogP contribution in [-0.4, -0.2) is 34.0 Å². The molecule has 1 rings (SSSR count). The second kappa shape index (κ2) is 6.58. The quantitative estimate of drug-likeness (QED) is 0.707. The maximum atomic E-state index is 11.2. The third kappa shape index (κ3) is 3.87. The molecular formula is C12H15ClO5. The first-order valence-electron chi connectivity index (χ1n) is 5.45. The fourth-order valence-electron chi connectivity index (χ4n) is 1.43. The minimum Gasteiger partial charge on any atom is -0.506 e. The van der Waals surface area contributed by atoms with Gasteiger partial charge >= 0.3 is 5.97 Å². The molecule has 3 N–H and O–H groups in total. The molecule has 1 aromatic carbocycles. The van der Waals surface area contributed by atoms with Gasteiger partial charge in [-0.25, -0.2) is 0 Å². The number of aromatic hydroxyl groups is 1. The van der Waals surface area contributed by atoms with E-state index in [9.17, 15) is 20.1 Å². The van der Waals surface area contributed by atoms with Crippen LogP contribution >= 0.6 is 11.6 Å². The minimum atomic E-state index is -1.29. The van der Waals surface area contributed by atoms with E-state index in [1.807, 2.05) is 0 Å². The Labute approximate surface area is 110 Å². The van der Waals surface area contributed by atoms with E-state index in [4.69, 9.17) is 11.6 Å². The molecule has 0 saturated carbocycles. The Balaban J connectivity index is 2.70. The molecule has 18 heavy (non-hydrogen) atoms. The van der Waals surface area contributed by atoms with Gasteiger partial charge in [0.2, 0.25) is 0 Å². The molecule has 0 radical (unpaired) electrons. The predicted octanol–water partition coefficient (Wildman–Crippen LogP) is 1.39. The summed E-state index contributed by atoms with van der Waals surface area (Å²) in [5, 5.41) is 28.8. The number of aliphatic hydroxyl groups is 2. The van der Waals surface area contributed by atoms with E-state index in [1.165, 1.54) is 18.2 Å². The van der Waals surface area contributed by atoms with E-state index in [0.29, 0.717) is 5.56 Å². The Kier molecular flexibility index (Phi) is 5.40. The molecule has 0 aliphatic heterocycles. The topological polar surface area (TPSA) is 87.0 Å². The van der Waals surface area contributed by atoms with Crippen molar-refractivity contribution < 1.29 is 24.9 Å². The van der Waals surface area contributed by atoms with E-state index in [1.54, 1.807) is 6.92 Å². The zero-order chi connectivity index (χ0) is 13.7. The summed E-state index contributed by atoms with van der Waals surface area (Å²) in [5.41, 5.74) is 0.314. The Morgan fingerprint density at radius 3 is 2.67 bits per heavy atom. The summed E-state index contributed by atoms with van der Waals surface area (Å²) >= 11 is 5.68. The maximum Gasteiger partial charge on any atom is 0.308 e. The monoisotopic (exact) mass is 274 g/mol. The van der Waals surface area contributed by atoms with Gasteiger partial charge in [-0.3, -0.25) is 4.79 Å². The summed E-state index contributed by atoms with van der Waals surface area (Å²) < 4.78 is 4.67. The number of phenolic OH excluding ortho intramolecular Hbond substituents is 1. The van der Waals surface area contributed by atoms with Crippen LogP contribution in [0.2, 0.25) is 5.02 Å². The Hall–Kier alpha value is -1.30. The number of rotatable bonds is 5. The zero-order valence-electron chi connectivity index (χ0n) is 9.84. The predicted molar refractivity (Wildman–Crippen MR) is 65.3 cm³/mol. The number of esters is 1. The van der Waals surface area contributed by atoms with Gasteiger partial charge in [0.1, 0.15) is 11.9 Å². The number of hydrogen-bond acceptors (Lipinski definition) is 5. The van der Waals surface area contributed by atoms with Gasteiger partial charge in [-0.15, -0.1) is 0 Å². The molecule has 0 aromatic heterocycles. The van der Waals surface area contributed by atoms with Gasteiger partial charge < -0.3 is 20.1 Å². The van der Waals surface area contributed by atoms with Crippen LogP contribution in [0.4, 0.5) is 0 Å². The third-order valence-corrected chi connectivity index (χ3v) is 2.66. The van der Waals surface area contributed by atoms with Crippen molar-refractivity contribution in [2.24, 2.45) is 0 Å². The van der Waals surface area contributed by atoms with Crippen molar-refractivity contribution in [1.29, 1.82) is 0 Å². The lowest BCUT2D eigenvalue weighted by Gasteiger charge is -2.17. The average molecular weight is 275 g/mol. The van der Waals surface area contributed by atoms with Gasteiger partial charge in [0, 0.05) is 0 Å². The van der Waals surface area contributed by atoms with E-state index in [-0.39, 0.29) is 23.8 Å². The highest BCUT2D eigenvalue weighted by Gasteiger charge is 2.22. The van der Waals surface area contributed by atoms with Crippen molar-refractivity contribution in [2.75, 3.05) is 6.61 Å². The van der Waals surface area contributed by atoms with Gasteiger partial charge in [-0.2, -0.15) is 0 Å². The molecular weight excluding hydrogens is 260 g/mol. The second-order valence-corrected chi connectivity index (χ2v) is 4.14. The first kappa shape index (κ1) is 14.8. The van der Waals surface area contributed by atoms with Crippen molar-refractivity contribution >= 4 is 17.6 Å². The van der Waals surface area contributed by atoms with Gasteiger partial charge in [-0.1, -0.05) is 17.7 Å². The van der Waals surface area contributed by atoms with Crippen LogP contribution in [0.15, 0.2) is 18.2 Å². The lowest BCUT2D eigenvalue weighted by Crippen LogP contribution is -2.23. The number of benzene rings is 1. The zero-order valence-corrected chi connectivity index (χ0v) is 10.6. The van der Waals surface area contributed by atoms with Crippen molar-refractivity contribution in [3.05, 3.63) is 28.8 Å². The normalized spacial score (nSPS) is 14.0. The SMILES string of the molecule is CCOC(=O)CC(O)C(O)c1ccc(O)c(Cl)c1. The van der Waals surface area contributed by atoms with Crippen LogP contribution in [0, 0.1) is 0 Å². The first-order valence-corrected chi connectivity index (χ1v) is 5.83. The molecule has 0 heterocycles. The summed E-state index contributed by atoms with van der Waals surface area (Å²) in [4.78, 5) is 11.2. The number of phenols is 1. The highest BCUT2D eigenvalue weighted by molar-refractivity contribution is 6.32. The molecule has 0 saturated heterocycles. The Bertz CT molecular complexity index is 421. The van der Waals surface area contributed by atoms with Gasteiger partial charge in [0.05, 0.1) is 24.2 Å². The smallest absolute Gasteiger partial charge is 0.308 e. The lowest BCUT2D eigenvalue weighted by atomic mass is 10.0. The standard InChI is InChI=1S/C12H15ClO5/c1-2-18-11(16)6-10(15)12(17)7-3-4-9(14)8(13)5-7/h3-5,10,12,14-15,17H,2,6H2,1H3. The van der Waals surface area contributed by atoms with E-state index in [0.717, 1.165) is 0 Å². The largest absolute Gasteiger partial charge is 0.506 e. The molecule has 0 spiro atoms. The molecule has 100 valence electrons. The van der Waals surface area contributed by atoms with Crippen LogP contribution in [0.3, 0.4) is 0 Å². The number of ether oxygens (including phenoxy) is 1. The summed E-state index contributed by atoms with van der Waals surface area (Å²) in [6.07, 6.45) is -2.87. The summed E-state index contributed by atoms with van der Waals surface area (Å²) in [6, 6.07) is 4.05. The van der Waals surface area contributed by atoms with Crippen molar-refractivity contribution in [3.63, 3.8) is 0 Å². The van der Waals surface area contributed by atoms with E-state index in [2.05, 4.69) is 4.74 Å². The van der Waals surface area contributed by atoms with Gasteiger partial charge in [0.15, 0.2) is 0 Å². The van der Waals surface area contributed by atoms with Crippen LogP contribution in [-0.2, 0) is 9.53 Å². The molecule has 0 amide bonds. The van der Waals surface area contributed by atoms with E-state index >= 15 is 0 Å². The minimum absolute atomic E-state index is 0.0647. The van der Waals surface area contributed by atoms with Crippen molar-refractivity contribution in [2.45, 2.75) is 25.6 Å². The third-order valence-electron chi connectivity index (χ3n) is 2.36. The maximum absolute atomic E-state index is 11.2. The highest BCUT2D eigenvalue weighted by atomic mass is 35.5. The molecule has 0 aliphatic carbocycles. The highest BCUT2D eigenvalue weighted by Crippen LogP contribution is 2.28. The van der Waals surface area contributed by atoms with Crippen molar-refractivity contribution in [1.82, 2.24) is 0 Å². The number of aliphatic hydroxyl groups excluding tert-OH is 2. The van der Waals surface area contributed by atoms with Crippen LogP contribution in [0.5, 0.6) is 5.75 Å². The molecule has 0 fully saturated rings. The number of carbonyl (C=O) groups is 1. The van der Waals surface area contributed by atoms with Crippen molar-refractivity contribution in [3.8, 4) is 5.75 Å². The molecule has 2 unspecified atom stereocenters.